The van der Waals surface area contributed by atoms with Crippen molar-refractivity contribution in [3.63, 3.8) is 0 Å². The summed E-state index contributed by atoms with van der Waals surface area (Å²) >= 11 is 0. The maximum Gasteiger partial charge on any atom is 0.307 e. The van der Waals surface area contributed by atoms with Crippen LogP contribution in [0.1, 0.15) is 32.8 Å². The zero-order valence-corrected chi connectivity index (χ0v) is 9.90. The molecule has 1 aromatic rings. The van der Waals surface area contributed by atoms with Gasteiger partial charge in [-0.2, -0.15) is 0 Å². The van der Waals surface area contributed by atoms with Gasteiger partial charge in [-0.25, -0.2) is 0 Å². The van der Waals surface area contributed by atoms with Crippen LogP contribution in [0, 0.1) is 5.92 Å². The molecular formula is C13H18O3. The number of aliphatic carboxylic acids is 1. The van der Waals surface area contributed by atoms with Crippen molar-refractivity contribution in [3.8, 4) is 5.75 Å². The van der Waals surface area contributed by atoms with Crippen LogP contribution in [0.15, 0.2) is 24.3 Å². The van der Waals surface area contributed by atoms with Crippen molar-refractivity contribution in [3.05, 3.63) is 29.8 Å². The van der Waals surface area contributed by atoms with E-state index in [4.69, 9.17) is 5.11 Å². The van der Waals surface area contributed by atoms with Crippen LogP contribution in [-0.2, 0) is 10.2 Å². The molecule has 2 unspecified atom stereocenters. The number of aromatic hydroxyl groups is 1. The zero-order valence-electron chi connectivity index (χ0n) is 9.90. The van der Waals surface area contributed by atoms with E-state index >= 15 is 0 Å². The third-order valence-electron chi connectivity index (χ3n) is 3.58. The van der Waals surface area contributed by atoms with Gasteiger partial charge >= 0.3 is 5.97 Å². The largest absolute Gasteiger partial charge is 0.508 e. The highest BCUT2D eigenvalue weighted by Gasteiger charge is 2.37. The number of phenolic OH excluding ortho intramolecular Hbond substituents is 1. The minimum Gasteiger partial charge on any atom is -0.508 e. The second kappa shape index (κ2) is 4.56. The van der Waals surface area contributed by atoms with Crippen molar-refractivity contribution in [2.24, 2.45) is 5.92 Å². The summed E-state index contributed by atoms with van der Waals surface area (Å²) in [5, 5.41) is 18.9. The molecule has 1 rings (SSSR count). The highest BCUT2D eigenvalue weighted by atomic mass is 16.4. The van der Waals surface area contributed by atoms with Crippen molar-refractivity contribution < 1.29 is 15.0 Å². The molecule has 0 radical (unpaired) electrons. The molecule has 0 saturated heterocycles. The first-order chi connectivity index (χ1) is 7.43. The lowest BCUT2D eigenvalue weighted by atomic mass is 9.70. The summed E-state index contributed by atoms with van der Waals surface area (Å²) in [7, 11) is 0. The minimum absolute atomic E-state index is 0.167. The first-order valence-electron chi connectivity index (χ1n) is 5.44. The lowest BCUT2D eigenvalue weighted by Crippen LogP contribution is -2.34. The molecule has 3 heteroatoms. The van der Waals surface area contributed by atoms with Gasteiger partial charge in [-0.05, 0) is 12.5 Å². The van der Waals surface area contributed by atoms with Crippen molar-refractivity contribution in [1.82, 2.24) is 0 Å². The van der Waals surface area contributed by atoms with Crippen LogP contribution >= 0.6 is 0 Å². The molecule has 0 amide bonds. The molecule has 2 atom stereocenters. The topological polar surface area (TPSA) is 57.5 Å². The third-order valence-corrected chi connectivity index (χ3v) is 3.58. The monoisotopic (exact) mass is 222 g/mol. The van der Waals surface area contributed by atoms with Gasteiger partial charge in [0.2, 0.25) is 0 Å². The number of carboxylic acid groups (broad SMARTS) is 1. The smallest absolute Gasteiger partial charge is 0.307 e. The molecule has 0 bridgehead atoms. The van der Waals surface area contributed by atoms with Gasteiger partial charge in [0.15, 0.2) is 0 Å². The molecule has 0 saturated carbocycles. The van der Waals surface area contributed by atoms with Crippen molar-refractivity contribution in [2.75, 3.05) is 0 Å². The molecule has 0 aliphatic rings. The van der Waals surface area contributed by atoms with Crippen molar-refractivity contribution in [1.29, 1.82) is 0 Å². The van der Waals surface area contributed by atoms with E-state index in [0.29, 0.717) is 12.0 Å². The van der Waals surface area contributed by atoms with E-state index < -0.39 is 17.3 Å². The second-order valence-corrected chi connectivity index (χ2v) is 4.35. The molecule has 0 aliphatic carbocycles. The van der Waals surface area contributed by atoms with E-state index in [1.54, 1.807) is 25.1 Å². The first-order valence-corrected chi connectivity index (χ1v) is 5.44. The van der Waals surface area contributed by atoms with Gasteiger partial charge in [-0.1, -0.05) is 39.0 Å². The van der Waals surface area contributed by atoms with Gasteiger partial charge < -0.3 is 10.2 Å². The summed E-state index contributed by atoms with van der Waals surface area (Å²) in [6, 6.07) is 6.94. The van der Waals surface area contributed by atoms with Crippen LogP contribution in [0.3, 0.4) is 0 Å². The van der Waals surface area contributed by atoms with Gasteiger partial charge in [0.1, 0.15) is 5.75 Å². The normalized spacial score (nSPS) is 16.4. The molecule has 0 aliphatic heterocycles. The summed E-state index contributed by atoms with van der Waals surface area (Å²) in [5.74, 6) is -1.21. The second-order valence-electron chi connectivity index (χ2n) is 4.35. The predicted molar refractivity (Wildman–Crippen MR) is 62.5 cm³/mol. The molecule has 0 heterocycles. The Labute approximate surface area is 95.7 Å². The van der Waals surface area contributed by atoms with Gasteiger partial charge in [-0.3, -0.25) is 4.79 Å². The van der Waals surface area contributed by atoms with Crippen LogP contribution < -0.4 is 0 Å². The molecule has 1 aromatic carbocycles. The summed E-state index contributed by atoms with van der Waals surface area (Å²) < 4.78 is 0. The number of hydrogen-bond acceptors (Lipinski definition) is 2. The lowest BCUT2D eigenvalue weighted by molar-refractivity contribution is -0.143. The Morgan fingerprint density at radius 3 is 2.44 bits per heavy atom. The number of carbonyl (C=O) groups is 1. The number of carboxylic acids is 1. The fraction of sp³-hybridized carbons (Fsp3) is 0.462. The Morgan fingerprint density at radius 2 is 2.00 bits per heavy atom. The molecule has 2 N–H and O–H groups in total. The Balaban J connectivity index is 3.25. The van der Waals surface area contributed by atoms with Crippen LogP contribution in [0.25, 0.3) is 0 Å². The number of benzene rings is 1. The van der Waals surface area contributed by atoms with Crippen LogP contribution in [-0.4, -0.2) is 16.2 Å². The number of para-hydroxylation sites is 1. The highest BCUT2D eigenvalue weighted by Crippen LogP contribution is 2.39. The Kier molecular flexibility index (Phi) is 3.58. The number of rotatable bonds is 4. The fourth-order valence-electron chi connectivity index (χ4n) is 1.96. The average molecular weight is 222 g/mol. The first kappa shape index (κ1) is 12.6. The molecular weight excluding hydrogens is 204 g/mol. The van der Waals surface area contributed by atoms with E-state index in [1.807, 2.05) is 19.9 Å². The summed E-state index contributed by atoms with van der Waals surface area (Å²) in [6.07, 6.45) is 0.665. The molecule has 0 fully saturated rings. The predicted octanol–water partition coefficient (Wildman–Crippen LogP) is 2.78. The van der Waals surface area contributed by atoms with Crippen LogP contribution in [0.5, 0.6) is 5.75 Å². The summed E-state index contributed by atoms with van der Waals surface area (Å²) in [4.78, 5) is 11.1. The average Bonchev–Trinajstić information content (AvgIpc) is 2.27. The molecule has 0 aromatic heterocycles. The Hall–Kier alpha value is -1.51. The quantitative estimate of drug-likeness (QED) is 0.823. The van der Waals surface area contributed by atoms with E-state index in [9.17, 15) is 9.90 Å². The molecule has 3 nitrogen and oxygen atoms in total. The SMILES string of the molecule is CCC(C)(c1ccccc1O)C(C)C(=O)O. The minimum atomic E-state index is -0.840. The highest BCUT2D eigenvalue weighted by molar-refractivity contribution is 5.72. The Morgan fingerprint density at radius 1 is 1.44 bits per heavy atom. The maximum absolute atomic E-state index is 11.1. The molecule has 0 spiro atoms. The van der Waals surface area contributed by atoms with Gasteiger partial charge in [-0.15, -0.1) is 0 Å². The van der Waals surface area contributed by atoms with E-state index in [2.05, 4.69) is 0 Å². The standard InChI is InChI=1S/C13H18O3/c1-4-13(3,9(2)12(15)16)10-7-5-6-8-11(10)14/h5-9,14H,4H2,1-3H3,(H,15,16). The van der Waals surface area contributed by atoms with Gasteiger partial charge in [0, 0.05) is 11.0 Å². The van der Waals surface area contributed by atoms with Gasteiger partial charge in [0.05, 0.1) is 5.92 Å². The summed E-state index contributed by atoms with van der Waals surface area (Å²) in [5.41, 5.74) is 0.157. The van der Waals surface area contributed by atoms with Crippen molar-refractivity contribution >= 4 is 5.97 Å². The van der Waals surface area contributed by atoms with E-state index in [-0.39, 0.29) is 5.75 Å². The summed E-state index contributed by atoms with van der Waals surface area (Å²) in [6.45, 7) is 5.49. The van der Waals surface area contributed by atoms with Crippen LogP contribution in [0.2, 0.25) is 0 Å². The lowest BCUT2D eigenvalue weighted by Gasteiger charge is -2.33. The van der Waals surface area contributed by atoms with E-state index in [0.717, 1.165) is 0 Å². The number of phenols is 1. The zero-order chi connectivity index (χ0) is 12.3. The third kappa shape index (κ3) is 2.03. The fourth-order valence-corrected chi connectivity index (χ4v) is 1.96. The van der Waals surface area contributed by atoms with E-state index in [1.165, 1.54) is 0 Å². The Bertz CT molecular complexity index is 387. The molecule has 88 valence electrons. The van der Waals surface area contributed by atoms with Gasteiger partial charge in [0.25, 0.3) is 0 Å². The molecule has 16 heavy (non-hydrogen) atoms. The van der Waals surface area contributed by atoms with Crippen molar-refractivity contribution in [2.45, 2.75) is 32.6 Å². The number of hydrogen-bond donors (Lipinski definition) is 2. The maximum atomic E-state index is 11.1. The van der Waals surface area contributed by atoms with Crippen LogP contribution in [0.4, 0.5) is 0 Å².